The quantitative estimate of drug-likeness (QED) is 0.146. The first-order chi connectivity index (χ1) is 20.8. The van der Waals surface area contributed by atoms with Gasteiger partial charge in [0.25, 0.3) is 10.0 Å². The molecule has 240 valence electrons. The second-order valence-electron chi connectivity index (χ2n) is 10.1. The first-order valence-corrected chi connectivity index (χ1v) is 17.7. The average molecular weight is 710 g/mol. The summed E-state index contributed by atoms with van der Waals surface area (Å²) in [5, 5.41) is -0.0806. The lowest BCUT2D eigenvalue weighted by Crippen LogP contribution is -2.40. The van der Waals surface area contributed by atoms with Gasteiger partial charge in [0.05, 0.1) is 17.3 Å². The number of rotatable bonds is 14. The van der Waals surface area contributed by atoms with Gasteiger partial charge in [-0.2, -0.15) is 13.1 Å². The number of ether oxygens (including phenoxy) is 3. The number of alkyl halides is 2. The Morgan fingerprint density at radius 2 is 1.98 bits per heavy atom. The largest absolute Gasteiger partial charge is 0.489 e. The van der Waals surface area contributed by atoms with Gasteiger partial charge in [0, 0.05) is 28.8 Å². The van der Waals surface area contributed by atoms with Crippen LogP contribution in [0.15, 0.2) is 56.8 Å². The van der Waals surface area contributed by atoms with Crippen molar-refractivity contribution in [3.63, 3.8) is 0 Å². The zero-order valence-electron chi connectivity index (χ0n) is 24.2. The van der Waals surface area contributed by atoms with E-state index in [1.54, 1.807) is 26.8 Å². The Labute approximate surface area is 274 Å². The number of thiazole rings is 1. The first kappa shape index (κ1) is 34.7. The topological polar surface area (TPSA) is 95.0 Å². The number of aromatic nitrogens is 1. The number of allylic oxidation sites excluding steroid dienone is 4. The Morgan fingerprint density at radius 3 is 2.57 bits per heavy atom. The summed E-state index contributed by atoms with van der Waals surface area (Å²) in [6.45, 7) is 6.06. The van der Waals surface area contributed by atoms with Crippen LogP contribution in [0.25, 0.3) is 0 Å². The van der Waals surface area contributed by atoms with Gasteiger partial charge in [-0.1, -0.05) is 48.0 Å². The number of hydrogen-bond acceptors (Lipinski definition) is 9. The van der Waals surface area contributed by atoms with Crippen molar-refractivity contribution in [3.05, 3.63) is 68.8 Å². The minimum absolute atomic E-state index is 0.0336. The SMILES string of the molecule is C=C/C(Cl)=C(C[C@H](OC(=O)[C@@H]1SCCN1S(=O)(=O)c1sc(C)nc1C)c1ccc(OC(F)F)c(OCC2CC2)c1)\C(Cl)=C/C. The van der Waals surface area contributed by atoms with Crippen LogP contribution in [0.3, 0.4) is 0 Å². The van der Waals surface area contributed by atoms with Crippen molar-refractivity contribution in [1.82, 2.24) is 9.29 Å². The third kappa shape index (κ3) is 8.35. The predicted octanol–water partition coefficient (Wildman–Crippen LogP) is 7.71. The fraction of sp³-hybridized carbons (Fsp3) is 0.448. The van der Waals surface area contributed by atoms with Gasteiger partial charge in [-0.15, -0.1) is 23.1 Å². The molecule has 1 aromatic carbocycles. The highest BCUT2D eigenvalue weighted by atomic mass is 35.5. The van der Waals surface area contributed by atoms with Crippen molar-refractivity contribution >= 4 is 62.3 Å². The van der Waals surface area contributed by atoms with Gasteiger partial charge in [-0.05, 0) is 62.8 Å². The lowest BCUT2D eigenvalue weighted by molar-refractivity contribution is -0.150. The summed E-state index contributed by atoms with van der Waals surface area (Å²) >= 11 is 15.1. The predicted molar refractivity (Wildman–Crippen MR) is 169 cm³/mol. The summed E-state index contributed by atoms with van der Waals surface area (Å²) < 4.78 is 71.2. The van der Waals surface area contributed by atoms with E-state index in [0.717, 1.165) is 40.2 Å². The molecule has 8 nitrogen and oxygen atoms in total. The Morgan fingerprint density at radius 1 is 1.25 bits per heavy atom. The van der Waals surface area contributed by atoms with Crippen LogP contribution in [0.2, 0.25) is 0 Å². The molecule has 2 heterocycles. The monoisotopic (exact) mass is 708 g/mol. The van der Waals surface area contributed by atoms with Crippen LogP contribution in [0.1, 0.15) is 48.6 Å². The van der Waals surface area contributed by atoms with Gasteiger partial charge in [0.1, 0.15) is 6.10 Å². The number of esters is 1. The number of benzene rings is 1. The molecule has 4 rings (SSSR count). The highest BCUT2D eigenvalue weighted by Gasteiger charge is 2.43. The highest BCUT2D eigenvalue weighted by Crippen LogP contribution is 2.41. The normalized spacial score (nSPS) is 19.1. The third-order valence-corrected chi connectivity index (χ3v) is 12.5. The zero-order chi connectivity index (χ0) is 32.2. The Bertz CT molecular complexity index is 1560. The molecule has 0 unspecified atom stereocenters. The maximum Gasteiger partial charge on any atom is 0.387 e. The van der Waals surface area contributed by atoms with Gasteiger partial charge < -0.3 is 14.2 Å². The molecule has 15 heteroatoms. The molecule has 0 N–H and O–H groups in total. The van der Waals surface area contributed by atoms with Gasteiger partial charge in [-0.3, -0.25) is 0 Å². The van der Waals surface area contributed by atoms with Gasteiger partial charge in [-0.25, -0.2) is 18.2 Å². The molecule has 1 saturated heterocycles. The van der Waals surface area contributed by atoms with Gasteiger partial charge in [0.2, 0.25) is 0 Å². The smallest absolute Gasteiger partial charge is 0.387 e. The molecule has 1 saturated carbocycles. The number of nitrogens with zero attached hydrogens (tertiary/aromatic N) is 2. The molecule has 0 amide bonds. The molecule has 2 aromatic rings. The molecule has 44 heavy (non-hydrogen) atoms. The van der Waals surface area contributed by atoms with E-state index in [9.17, 15) is 22.0 Å². The summed E-state index contributed by atoms with van der Waals surface area (Å²) in [7, 11) is -4.05. The van der Waals surface area contributed by atoms with Gasteiger partial charge >= 0.3 is 12.6 Å². The molecule has 0 spiro atoms. The standard InChI is InChI=1S/C29H32Cl2F2N2O6S3/c1-5-21(30)20(22(31)6-2)14-24(19-9-10-23(41-29(32)33)25(13-19)39-15-18-7-8-18)40-27(36)26-35(11-12-42-26)44(37,38)28-16(3)34-17(4)43-28/h5-6,9-10,13,18,24,26,29H,1,7-8,11-12,14-15H2,2-4H3/b21-20+,22-6+/t24-,26-/m0/s1. The van der Waals surface area contributed by atoms with E-state index in [-0.39, 0.29) is 38.7 Å². The average Bonchev–Trinajstić information content (AvgIpc) is 3.54. The number of sulfonamides is 1. The van der Waals surface area contributed by atoms with Crippen molar-refractivity contribution in [3.8, 4) is 11.5 Å². The van der Waals surface area contributed by atoms with Crippen LogP contribution in [0, 0.1) is 19.8 Å². The van der Waals surface area contributed by atoms with Crippen LogP contribution >= 0.6 is 46.3 Å². The number of carbonyl (C=O) groups excluding carboxylic acids is 1. The first-order valence-electron chi connectivity index (χ1n) is 13.7. The maximum atomic E-state index is 13.8. The van der Waals surface area contributed by atoms with E-state index in [1.165, 1.54) is 24.3 Å². The molecule has 1 aromatic heterocycles. The molecule has 1 aliphatic heterocycles. The molecular weight excluding hydrogens is 677 g/mol. The van der Waals surface area contributed by atoms with Crippen molar-refractivity contribution in [2.45, 2.75) is 62.3 Å². The minimum atomic E-state index is -4.05. The second kappa shape index (κ2) is 15.0. The molecule has 2 fully saturated rings. The van der Waals surface area contributed by atoms with E-state index in [0.29, 0.717) is 40.1 Å². The van der Waals surface area contributed by atoms with E-state index in [1.807, 2.05) is 0 Å². The summed E-state index contributed by atoms with van der Waals surface area (Å²) in [5.74, 6) is -0.223. The highest BCUT2D eigenvalue weighted by molar-refractivity contribution is 8.02. The van der Waals surface area contributed by atoms with Crippen LogP contribution < -0.4 is 9.47 Å². The molecule has 2 atom stereocenters. The number of halogens is 4. The molecule has 1 aliphatic carbocycles. The van der Waals surface area contributed by atoms with Crippen LogP contribution in [-0.4, -0.2) is 54.6 Å². The second-order valence-corrected chi connectivity index (χ2v) is 15.4. The van der Waals surface area contributed by atoms with E-state index in [2.05, 4.69) is 16.3 Å². The summed E-state index contributed by atoms with van der Waals surface area (Å²) in [4.78, 5) is 18.0. The molecule has 0 radical (unpaired) electrons. The maximum absolute atomic E-state index is 13.8. The lowest BCUT2D eigenvalue weighted by atomic mass is 9.99. The van der Waals surface area contributed by atoms with E-state index >= 15 is 0 Å². The Kier molecular flexibility index (Phi) is 11.8. The number of carbonyl (C=O) groups is 1. The summed E-state index contributed by atoms with van der Waals surface area (Å²) in [5.41, 5.74) is 1.15. The Balaban J connectivity index is 1.70. The van der Waals surface area contributed by atoms with Crippen LogP contribution in [0.4, 0.5) is 8.78 Å². The van der Waals surface area contributed by atoms with Crippen molar-refractivity contribution in [1.29, 1.82) is 0 Å². The molecule has 2 aliphatic rings. The number of thioether (sulfide) groups is 1. The zero-order valence-corrected chi connectivity index (χ0v) is 28.2. The lowest BCUT2D eigenvalue weighted by Gasteiger charge is -2.26. The van der Waals surface area contributed by atoms with E-state index in [4.69, 9.17) is 32.7 Å². The summed E-state index contributed by atoms with van der Waals surface area (Å²) in [6.07, 6.45) is 3.86. The summed E-state index contributed by atoms with van der Waals surface area (Å²) in [6, 6.07) is 4.26. The van der Waals surface area contributed by atoms with Crippen LogP contribution in [-0.2, 0) is 19.6 Å². The van der Waals surface area contributed by atoms with Crippen molar-refractivity contribution < 1.29 is 36.2 Å². The van der Waals surface area contributed by atoms with E-state index < -0.39 is 34.1 Å². The number of aryl methyl sites for hydroxylation is 2. The third-order valence-electron chi connectivity index (χ3n) is 6.84. The van der Waals surface area contributed by atoms with Crippen molar-refractivity contribution in [2.75, 3.05) is 18.9 Å². The minimum Gasteiger partial charge on any atom is -0.489 e. The molecule has 0 bridgehead atoms. The van der Waals surface area contributed by atoms with Crippen LogP contribution in [0.5, 0.6) is 11.5 Å². The van der Waals surface area contributed by atoms with Gasteiger partial charge in [0.15, 0.2) is 21.1 Å². The fourth-order valence-corrected chi connectivity index (χ4v) is 9.54. The molecular formula is C29H32Cl2F2N2O6S3. The van der Waals surface area contributed by atoms with Crippen molar-refractivity contribution in [2.24, 2.45) is 5.92 Å². The fourth-order valence-electron chi connectivity index (χ4n) is 4.49. The Hall–Kier alpha value is -2.16. The number of hydrogen-bond donors (Lipinski definition) is 0.